The highest BCUT2D eigenvalue weighted by molar-refractivity contribution is 5.75. The van der Waals surface area contributed by atoms with Crippen molar-refractivity contribution in [3.05, 3.63) is 29.3 Å². The van der Waals surface area contributed by atoms with E-state index in [1.54, 1.807) is 6.92 Å². The predicted octanol–water partition coefficient (Wildman–Crippen LogP) is 2.78. The summed E-state index contributed by atoms with van der Waals surface area (Å²) in [6.45, 7) is 8.81. The van der Waals surface area contributed by atoms with Gasteiger partial charge in [0.25, 0.3) is 0 Å². The van der Waals surface area contributed by atoms with E-state index in [0.717, 1.165) is 11.3 Å². The predicted molar refractivity (Wildman–Crippen MR) is 80.0 cm³/mol. The molecule has 20 heavy (non-hydrogen) atoms. The average molecular weight is 279 g/mol. The number of rotatable bonds is 7. The molecule has 0 aliphatic rings. The van der Waals surface area contributed by atoms with Gasteiger partial charge in [0.15, 0.2) is 0 Å². The zero-order valence-electron chi connectivity index (χ0n) is 12.8. The maximum atomic E-state index is 11.4. The van der Waals surface area contributed by atoms with Crippen LogP contribution in [0.25, 0.3) is 0 Å². The number of aryl methyl sites for hydroxylation is 1. The Hall–Kier alpha value is -1.55. The van der Waals surface area contributed by atoms with Crippen LogP contribution in [-0.4, -0.2) is 25.2 Å². The van der Waals surface area contributed by atoms with Gasteiger partial charge in [0.1, 0.15) is 11.8 Å². The number of nitrogens with two attached hydrogens (primary N) is 1. The summed E-state index contributed by atoms with van der Waals surface area (Å²) in [6.07, 6.45) is 0.449. The fraction of sp³-hybridized carbons (Fsp3) is 0.562. The molecule has 4 heteroatoms. The molecule has 1 unspecified atom stereocenters. The van der Waals surface area contributed by atoms with Crippen LogP contribution in [0.2, 0.25) is 0 Å². The molecule has 0 amide bonds. The SMILES string of the molecule is CCOC(=O)C(N)CCOc1cc(C(C)C)ccc1C. The van der Waals surface area contributed by atoms with Gasteiger partial charge in [0, 0.05) is 6.42 Å². The molecule has 1 rings (SSSR count). The van der Waals surface area contributed by atoms with Crippen molar-refractivity contribution in [1.29, 1.82) is 0 Å². The van der Waals surface area contributed by atoms with E-state index in [2.05, 4.69) is 32.0 Å². The minimum absolute atomic E-state index is 0.350. The van der Waals surface area contributed by atoms with Crippen LogP contribution < -0.4 is 10.5 Å². The Labute approximate surface area is 121 Å². The van der Waals surface area contributed by atoms with E-state index in [-0.39, 0.29) is 5.97 Å². The van der Waals surface area contributed by atoms with Crippen LogP contribution in [0.4, 0.5) is 0 Å². The molecule has 1 aromatic carbocycles. The number of carbonyl (C=O) groups is 1. The van der Waals surface area contributed by atoms with Crippen molar-refractivity contribution in [1.82, 2.24) is 0 Å². The molecule has 0 fully saturated rings. The molecular formula is C16H25NO3. The maximum absolute atomic E-state index is 11.4. The van der Waals surface area contributed by atoms with Crippen LogP contribution in [0.5, 0.6) is 5.75 Å². The second-order valence-corrected chi connectivity index (χ2v) is 5.18. The second-order valence-electron chi connectivity index (χ2n) is 5.18. The van der Waals surface area contributed by atoms with Gasteiger partial charge in [-0.3, -0.25) is 4.79 Å². The van der Waals surface area contributed by atoms with Crippen molar-refractivity contribution in [3.63, 3.8) is 0 Å². The molecule has 1 atom stereocenters. The Morgan fingerprint density at radius 1 is 1.35 bits per heavy atom. The van der Waals surface area contributed by atoms with Gasteiger partial charge in [-0.25, -0.2) is 0 Å². The van der Waals surface area contributed by atoms with Gasteiger partial charge < -0.3 is 15.2 Å². The molecular weight excluding hydrogens is 254 g/mol. The first-order valence-corrected chi connectivity index (χ1v) is 7.11. The van der Waals surface area contributed by atoms with Crippen LogP contribution in [0.1, 0.15) is 44.2 Å². The lowest BCUT2D eigenvalue weighted by molar-refractivity contribution is -0.145. The lowest BCUT2D eigenvalue weighted by Crippen LogP contribution is -2.33. The standard InChI is InChI=1S/C16H25NO3/c1-5-19-16(18)14(17)8-9-20-15-10-13(11(2)3)7-6-12(15)4/h6-7,10-11,14H,5,8-9,17H2,1-4H3. The number of hydrogen-bond donors (Lipinski definition) is 1. The third-order valence-electron chi connectivity index (χ3n) is 3.15. The summed E-state index contributed by atoms with van der Waals surface area (Å²) in [5, 5.41) is 0. The monoisotopic (exact) mass is 279 g/mol. The first kappa shape index (κ1) is 16.5. The highest BCUT2D eigenvalue weighted by Gasteiger charge is 2.14. The number of carbonyl (C=O) groups excluding carboxylic acids is 1. The minimum atomic E-state index is -0.622. The van der Waals surface area contributed by atoms with E-state index in [0.29, 0.717) is 25.6 Å². The molecule has 0 saturated heterocycles. The molecule has 0 radical (unpaired) electrons. The Balaban J connectivity index is 2.53. The highest BCUT2D eigenvalue weighted by Crippen LogP contribution is 2.24. The van der Waals surface area contributed by atoms with Crippen molar-refractivity contribution >= 4 is 5.97 Å². The summed E-state index contributed by atoms with van der Waals surface area (Å²) >= 11 is 0. The van der Waals surface area contributed by atoms with Gasteiger partial charge in [-0.15, -0.1) is 0 Å². The topological polar surface area (TPSA) is 61.5 Å². The van der Waals surface area contributed by atoms with Gasteiger partial charge in [-0.1, -0.05) is 26.0 Å². The summed E-state index contributed by atoms with van der Waals surface area (Å²) < 4.78 is 10.6. The molecule has 0 aromatic heterocycles. The van der Waals surface area contributed by atoms with Crippen molar-refractivity contribution in [2.24, 2.45) is 5.73 Å². The van der Waals surface area contributed by atoms with E-state index >= 15 is 0 Å². The van der Waals surface area contributed by atoms with Crippen LogP contribution in [0.3, 0.4) is 0 Å². The second kappa shape index (κ2) is 7.90. The van der Waals surface area contributed by atoms with Gasteiger partial charge in [-0.2, -0.15) is 0 Å². The zero-order valence-corrected chi connectivity index (χ0v) is 12.8. The third kappa shape index (κ3) is 4.85. The summed E-state index contributed by atoms with van der Waals surface area (Å²) in [5.41, 5.74) is 8.05. The largest absolute Gasteiger partial charge is 0.493 e. The van der Waals surface area contributed by atoms with Crippen LogP contribution in [0, 0.1) is 6.92 Å². The van der Waals surface area contributed by atoms with Crippen LogP contribution in [-0.2, 0) is 9.53 Å². The fourth-order valence-corrected chi connectivity index (χ4v) is 1.79. The Morgan fingerprint density at radius 2 is 2.05 bits per heavy atom. The molecule has 0 bridgehead atoms. The van der Waals surface area contributed by atoms with Crippen LogP contribution in [0.15, 0.2) is 18.2 Å². The quantitative estimate of drug-likeness (QED) is 0.780. The highest BCUT2D eigenvalue weighted by atomic mass is 16.5. The Bertz CT molecular complexity index is 443. The molecule has 0 spiro atoms. The summed E-state index contributed by atoms with van der Waals surface area (Å²) in [4.78, 5) is 11.4. The first-order valence-electron chi connectivity index (χ1n) is 7.11. The van der Waals surface area contributed by atoms with Crippen molar-refractivity contribution < 1.29 is 14.3 Å². The number of ether oxygens (including phenoxy) is 2. The molecule has 1 aromatic rings. The Morgan fingerprint density at radius 3 is 2.65 bits per heavy atom. The molecule has 0 heterocycles. The molecule has 0 aliphatic heterocycles. The van der Waals surface area contributed by atoms with E-state index in [1.165, 1.54) is 5.56 Å². The molecule has 2 N–H and O–H groups in total. The van der Waals surface area contributed by atoms with Crippen molar-refractivity contribution in [2.75, 3.05) is 13.2 Å². The lowest BCUT2D eigenvalue weighted by atomic mass is 10.0. The summed E-state index contributed by atoms with van der Waals surface area (Å²) in [6, 6.07) is 5.59. The van der Waals surface area contributed by atoms with E-state index < -0.39 is 6.04 Å². The maximum Gasteiger partial charge on any atom is 0.323 e. The third-order valence-corrected chi connectivity index (χ3v) is 3.15. The number of hydrogen-bond acceptors (Lipinski definition) is 4. The first-order chi connectivity index (χ1) is 9.45. The lowest BCUT2D eigenvalue weighted by Gasteiger charge is -2.14. The van der Waals surface area contributed by atoms with E-state index in [4.69, 9.17) is 15.2 Å². The normalized spacial score (nSPS) is 12.3. The molecule has 4 nitrogen and oxygen atoms in total. The smallest absolute Gasteiger partial charge is 0.323 e. The van der Waals surface area contributed by atoms with Crippen LogP contribution >= 0.6 is 0 Å². The van der Waals surface area contributed by atoms with Gasteiger partial charge in [0.05, 0.1) is 13.2 Å². The summed E-state index contributed by atoms with van der Waals surface area (Å²) in [7, 11) is 0. The number of esters is 1. The van der Waals surface area contributed by atoms with E-state index in [9.17, 15) is 4.79 Å². The molecule has 112 valence electrons. The van der Waals surface area contributed by atoms with Crippen molar-refractivity contribution in [2.45, 2.75) is 46.1 Å². The Kier molecular flexibility index (Phi) is 6.52. The minimum Gasteiger partial charge on any atom is -0.493 e. The van der Waals surface area contributed by atoms with E-state index in [1.807, 2.05) is 6.92 Å². The molecule has 0 saturated carbocycles. The van der Waals surface area contributed by atoms with Gasteiger partial charge in [-0.05, 0) is 37.0 Å². The molecule has 0 aliphatic carbocycles. The van der Waals surface area contributed by atoms with Gasteiger partial charge >= 0.3 is 5.97 Å². The zero-order chi connectivity index (χ0) is 15.1. The summed E-state index contributed by atoms with van der Waals surface area (Å²) in [5.74, 6) is 0.941. The van der Waals surface area contributed by atoms with Crippen molar-refractivity contribution in [3.8, 4) is 5.75 Å². The fourth-order valence-electron chi connectivity index (χ4n) is 1.79. The average Bonchev–Trinajstić information content (AvgIpc) is 2.40. The number of benzene rings is 1. The van der Waals surface area contributed by atoms with Gasteiger partial charge in [0.2, 0.25) is 0 Å².